The number of ether oxygens (including phenoxy) is 2. The fourth-order valence-electron chi connectivity index (χ4n) is 4.41. The number of aryl methyl sites for hydroxylation is 1. The molecule has 0 saturated carbocycles. The zero-order chi connectivity index (χ0) is 22.7. The van der Waals surface area contributed by atoms with E-state index in [0.717, 1.165) is 47.0 Å². The predicted molar refractivity (Wildman–Crippen MR) is 124 cm³/mol. The van der Waals surface area contributed by atoms with E-state index in [4.69, 9.17) is 9.47 Å². The molecular formula is C25H29N3O4. The minimum atomic E-state index is 0.00979. The van der Waals surface area contributed by atoms with Crippen LogP contribution >= 0.6 is 0 Å². The summed E-state index contributed by atoms with van der Waals surface area (Å²) < 4.78 is 10.8. The van der Waals surface area contributed by atoms with Gasteiger partial charge in [-0.05, 0) is 54.8 Å². The molecule has 2 aromatic carbocycles. The van der Waals surface area contributed by atoms with Crippen molar-refractivity contribution < 1.29 is 19.1 Å². The van der Waals surface area contributed by atoms with Crippen LogP contribution in [-0.2, 0) is 11.2 Å². The van der Waals surface area contributed by atoms with Gasteiger partial charge in [-0.25, -0.2) is 0 Å². The summed E-state index contributed by atoms with van der Waals surface area (Å²) in [5.41, 5.74) is 4.84. The highest BCUT2D eigenvalue weighted by Crippen LogP contribution is 2.36. The first-order valence-electron chi connectivity index (χ1n) is 10.9. The minimum absolute atomic E-state index is 0.00979. The molecule has 2 amide bonds. The first-order valence-corrected chi connectivity index (χ1v) is 10.9. The van der Waals surface area contributed by atoms with E-state index in [9.17, 15) is 9.59 Å². The Balaban J connectivity index is 1.69. The van der Waals surface area contributed by atoms with Crippen LogP contribution in [0.2, 0.25) is 0 Å². The van der Waals surface area contributed by atoms with Crippen LogP contribution in [0.3, 0.4) is 0 Å². The lowest BCUT2D eigenvalue weighted by molar-refractivity contribution is -0.118. The van der Waals surface area contributed by atoms with E-state index in [2.05, 4.69) is 11.9 Å². The summed E-state index contributed by atoms with van der Waals surface area (Å²) in [4.78, 5) is 31.4. The normalized spacial score (nSPS) is 14.3. The van der Waals surface area contributed by atoms with Crippen LogP contribution in [0.1, 0.15) is 29.3 Å². The van der Waals surface area contributed by atoms with Crippen LogP contribution in [0.5, 0.6) is 11.5 Å². The summed E-state index contributed by atoms with van der Waals surface area (Å²) >= 11 is 0. The molecule has 0 atom stereocenters. The number of benzene rings is 2. The van der Waals surface area contributed by atoms with Crippen molar-refractivity contribution in [2.75, 3.05) is 40.4 Å². The second-order valence-electron chi connectivity index (χ2n) is 7.95. The number of H-pyrrole nitrogens is 1. The number of rotatable bonds is 6. The molecule has 1 fully saturated rings. The summed E-state index contributed by atoms with van der Waals surface area (Å²) in [6.45, 7) is 4.60. The number of methoxy groups -OCH3 is 2. The molecular weight excluding hydrogens is 406 g/mol. The Morgan fingerprint density at radius 2 is 1.84 bits per heavy atom. The lowest BCUT2D eigenvalue weighted by atomic mass is 10.0. The fourth-order valence-corrected chi connectivity index (χ4v) is 4.41. The molecule has 0 spiro atoms. The van der Waals surface area contributed by atoms with Crippen molar-refractivity contribution in [3.8, 4) is 22.8 Å². The Morgan fingerprint density at radius 1 is 1.03 bits per heavy atom. The first-order chi connectivity index (χ1) is 15.6. The third-order valence-corrected chi connectivity index (χ3v) is 6.15. The molecule has 7 heteroatoms. The highest BCUT2D eigenvalue weighted by Gasteiger charge is 2.21. The third kappa shape index (κ3) is 4.02. The van der Waals surface area contributed by atoms with Gasteiger partial charge in [0.15, 0.2) is 11.5 Å². The first kappa shape index (κ1) is 21.7. The van der Waals surface area contributed by atoms with Gasteiger partial charge in [-0.1, -0.05) is 6.92 Å². The van der Waals surface area contributed by atoms with Crippen LogP contribution in [-0.4, -0.2) is 67.5 Å². The van der Waals surface area contributed by atoms with E-state index in [-0.39, 0.29) is 5.91 Å². The molecule has 1 N–H and O–H groups in total. The van der Waals surface area contributed by atoms with Gasteiger partial charge in [0.25, 0.3) is 5.91 Å². The van der Waals surface area contributed by atoms with E-state index in [1.165, 1.54) is 0 Å². The number of carbonyl (C=O) groups is 2. The molecule has 1 aromatic heterocycles. The number of aromatic amines is 1. The van der Waals surface area contributed by atoms with Crippen molar-refractivity contribution in [1.82, 2.24) is 14.8 Å². The van der Waals surface area contributed by atoms with Gasteiger partial charge in [0, 0.05) is 53.9 Å². The smallest absolute Gasteiger partial charge is 0.253 e. The lowest BCUT2D eigenvalue weighted by Crippen LogP contribution is -2.34. The van der Waals surface area contributed by atoms with Crippen molar-refractivity contribution in [2.24, 2.45) is 0 Å². The Hall–Kier alpha value is -3.48. The average molecular weight is 436 g/mol. The topological polar surface area (TPSA) is 74.9 Å². The second kappa shape index (κ2) is 9.34. The summed E-state index contributed by atoms with van der Waals surface area (Å²) in [6.07, 6.45) is 2.48. The predicted octanol–water partition coefficient (Wildman–Crippen LogP) is 3.72. The number of hydrogen-bond donors (Lipinski definition) is 1. The Labute approximate surface area is 187 Å². The molecule has 0 bridgehead atoms. The van der Waals surface area contributed by atoms with Crippen molar-refractivity contribution in [3.05, 3.63) is 47.5 Å². The van der Waals surface area contributed by atoms with Gasteiger partial charge < -0.3 is 24.3 Å². The zero-order valence-electron chi connectivity index (χ0n) is 18.8. The standard InChI is InChI=1S/C25H29N3O4/c1-4-19-20-14-18(25(30)28-11-5-10-27(16-29)12-13-28)6-8-21(20)26-24(19)17-7-9-22(31-2)23(15-17)32-3/h6-9,14-16,26H,4-5,10-13H2,1-3H3. The highest BCUT2D eigenvalue weighted by molar-refractivity contribution is 6.00. The maximum atomic E-state index is 13.2. The Bertz CT molecular complexity index is 1140. The molecule has 2 heterocycles. The van der Waals surface area contributed by atoms with Crippen molar-refractivity contribution in [3.63, 3.8) is 0 Å². The lowest BCUT2D eigenvalue weighted by Gasteiger charge is -2.20. The average Bonchev–Trinajstić information content (AvgIpc) is 3.03. The number of fused-ring (bicyclic) bond motifs is 1. The number of aromatic nitrogens is 1. The third-order valence-electron chi connectivity index (χ3n) is 6.15. The van der Waals surface area contributed by atoms with E-state index in [1.807, 2.05) is 41.3 Å². The molecule has 0 radical (unpaired) electrons. The Kier molecular flexibility index (Phi) is 6.35. The molecule has 1 saturated heterocycles. The quantitative estimate of drug-likeness (QED) is 0.599. The number of amides is 2. The van der Waals surface area contributed by atoms with Crippen molar-refractivity contribution in [2.45, 2.75) is 19.8 Å². The second-order valence-corrected chi connectivity index (χ2v) is 7.95. The van der Waals surface area contributed by atoms with Gasteiger partial charge in [0.05, 0.1) is 14.2 Å². The number of nitrogens with one attached hydrogen (secondary N) is 1. The molecule has 7 nitrogen and oxygen atoms in total. The fraction of sp³-hybridized carbons (Fsp3) is 0.360. The molecule has 32 heavy (non-hydrogen) atoms. The van der Waals surface area contributed by atoms with Gasteiger partial charge in [-0.3, -0.25) is 9.59 Å². The maximum Gasteiger partial charge on any atom is 0.253 e. The number of nitrogens with zero attached hydrogens (tertiary/aromatic N) is 2. The Morgan fingerprint density at radius 3 is 2.56 bits per heavy atom. The van der Waals surface area contributed by atoms with Gasteiger partial charge in [0.1, 0.15) is 0 Å². The SMILES string of the molecule is CCc1c(-c2ccc(OC)c(OC)c2)[nH]c2ccc(C(=O)N3CCCN(C=O)CC3)cc12. The number of carbonyl (C=O) groups excluding carboxylic acids is 2. The summed E-state index contributed by atoms with van der Waals surface area (Å²) in [7, 11) is 3.25. The van der Waals surface area contributed by atoms with Crippen LogP contribution in [0.4, 0.5) is 0 Å². The zero-order valence-corrected chi connectivity index (χ0v) is 18.8. The van der Waals surface area contributed by atoms with E-state index in [1.54, 1.807) is 19.1 Å². The summed E-state index contributed by atoms with van der Waals surface area (Å²) in [6, 6.07) is 11.7. The molecule has 168 valence electrons. The molecule has 0 unspecified atom stereocenters. The monoisotopic (exact) mass is 435 g/mol. The van der Waals surface area contributed by atoms with E-state index < -0.39 is 0 Å². The van der Waals surface area contributed by atoms with Gasteiger partial charge in [-0.15, -0.1) is 0 Å². The molecule has 4 rings (SSSR count). The van der Waals surface area contributed by atoms with Crippen LogP contribution in [0, 0.1) is 0 Å². The van der Waals surface area contributed by atoms with Crippen LogP contribution in [0.25, 0.3) is 22.2 Å². The van der Waals surface area contributed by atoms with Crippen LogP contribution in [0.15, 0.2) is 36.4 Å². The van der Waals surface area contributed by atoms with E-state index in [0.29, 0.717) is 43.2 Å². The molecule has 0 aliphatic carbocycles. The molecule has 1 aliphatic rings. The van der Waals surface area contributed by atoms with Crippen molar-refractivity contribution in [1.29, 1.82) is 0 Å². The van der Waals surface area contributed by atoms with Gasteiger partial charge in [-0.2, -0.15) is 0 Å². The molecule has 3 aromatic rings. The highest BCUT2D eigenvalue weighted by atomic mass is 16.5. The number of hydrogen-bond acceptors (Lipinski definition) is 4. The van der Waals surface area contributed by atoms with Crippen molar-refractivity contribution >= 4 is 23.2 Å². The summed E-state index contributed by atoms with van der Waals surface area (Å²) in [5.74, 6) is 1.37. The molecule has 1 aliphatic heterocycles. The summed E-state index contributed by atoms with van der Waals surface area (Å²) in [5, 5.41) is 1.05. The maximum absolute atomic E-state index is 13.2. The largest absolute Gasteiger partial charge is 0.493 e. The van der Waals surface area contributed by atoms with Gasteiger partial charge in [0.2, 0.25) is 6.41 Å². The van der Waals surface area contributed by atoms with Crippen LogP contribution < -0.4 is 9.47 Å². The van der Waals surface area contributed by atoms with Gasteiger partial charge >= 0.3 is 0 Å². The minimum Gasteiger partial charge on any atom is -0.493 e. The van der Waals surface area contributed by atoms with E-state index >= 15 is 0 Å².